The first-order valence-electron chi connectivity index (χ1n) is 9.55. The molecule has 3 rings (SSSR count). The Hall–Kier alpha value is -4.13. The number of hydrogen-bond acceptors (Lipinski definition) is 6. The molecule has 0 saturated carbocycles. The van der Waals surface area contributed by atoms with Crippen LogP contribution < -0.4 is 18.9 Å². The molecule has 7 heteroatoms. The van der Waals surface area contributed by atoms with Crippen molar-refractivity contribution in [2.45, 2.75) is 0 Å². The highest BCUT2D eigenvalue weighted by molar-refractivity contribution is 6.06. The summed E-state index contributed by atoms with van der Waals surface area (Å²) in [5.41, 5.74) is 1.33. The van der Waals surface area contributed by atoms with Gasteiger partial charge in [0.25, 0.3) is 0 Å². The molecule has 0 N–H and O–H groups in total. The summed E-state index contributed by atoms with van der Waals surface area (Å²) in [5, 5.41) is 0. The van der Waals surface area contributed by atoms with E-state index in [2.05, 4.69) is 0 Å². The van der Waals surface area contributed by atoms with Crippen molar-refractivity contribution in [1.29, 1.82) is 0 Å². The largest absolute Gasteiger partial charge is 0.493 e. The van der Waals surface area contributed by atoms with Crippen molar-refractivity contribution in [2.24, 2.45) is 0 Å². The summed E-state index contributed by atoms with van der Waals surface area (Å²) in [5.74, 6) is 0.0767. The van der Waals surface area contributed by atoms with Gasteiger partial charge in [-0.2, -0.15) is 0 Å². The predicted molar refractivity (Wildman–Crippen MR) is 117 cm³/mol. The lowest BCUT2D eigenvalue weighted by molar-refractivity contribution is 0.0733. The second kappa shape index (κ2) is 10.3. The fourth-order valence-electron chi connectivity index (χ4n) is 2.89. The first-order valence-corrected chi connectivity index (χ1v) is 9.55. The molecule has 0 bridgehead atoms. The van der Waals surface area contributed by atoms with Crippen LogP contribution in [0, 0.1) is 5.82 Å². The summed E-state index contributed by atoms with van der Waals surface area (Å²) in [7, 11) is 4.37. The van der Waals surface area contributed by atoms with Crippen molar-refractivity contribution in [2.75, 3.05) is 21.3 Å². The fraction of sp³-hybridized carbons (Fsp3) is 0.120. The number of benzene rings is 3. The SMILES string of the molecule is COc1cc(C(=O)Oc2ccc(C(=O)/C=C/c3ccc(F)cc3)cc2)cc(OC)c1OC. The number of esters is 1. The van der Waals surface area contributed by atoms with E-state index in [0.717, 1.165) is 0 Å². The van der Waals surface area contributed by atoms with Gasteiger partial charge in [-0.25, -0.2) is 9.18 Å². The van der Waals surface area contributed by atoms with E-state index >= 15 is 0 Å². The van der Waals surface area contributed by atoms with Gasteiger partial charge in [-0.05, 0) is 60.2 Å². The Kier molecular flexibility index (Phi) is 7.23. The van der Waals surface area contributed by atoms with Gasteiger partial charge in [0.2, 0.25) is 5.75 Å². The minimum Gasteiger partial charge on any atom is -0.493 e. The molecule has 3 aromatic carbocycles. The third-order valence-corrected chi connectivity index (χ3v) is 4.55. The van der Waals surface area contributed by atoms with Crippen molar-refractivity contribution >= 4 is 17.8 Å². The number of hydrogen-bond donors (Lipinski definition) is 0. The molecule has 0 aliphatic rings. The first-order chi connectivity index (χ1) is 15.4. The summed E-state index contributed by atoms with van der Waals surface area (Å²) >= 11 is 0. The van der Waals surface area contributed by atoms with E-state index in [4.69, 9.17) is 18.9 Å². The van der Waals surface area contributed by atoms with Crippen molar-refractivity contribution in [1.82, 2.24) is 0 Å². The van der Waals surface area contributed by atoms with E-state index in [-0.39, 0.29) is 22.9 Å². The number of allylic oxidation sites excluding steroid dienone is 1. The van der Waals surface area contributed by atoms with Crippen molar-refractivity contribution in [3.05, 3.63) is 89.2 Å². The van der Waals surface area contributed by atoms with E-state index in [1.165, 1.54) is 63.8 Å². The van der Waals surface area contributed by atoms with Gasteiger partial charge in [-0.1, -0.05) is 18.2 Å². The maximum atomic E-state index is 13.0. The molecule has 164 valence electrons. The Morgan fingerprint density at radius 1 is 0.781 bits per heavy atom. The fourth-order valence-corrected chi connectivity index (χ4v) is 2.89. The number of ether oxygens (including phenoxy) is 4. The molecule has 0 radical (unpaired) electrons. The number of rotatable bonds is 8. The summed E-state index contributed by atoms with van der Waals surface area (Å²) < 4.78 is 34.1. The smallest absolute Gasteiger partial charge is 0.343 e. The second-order valence-electron chi connectivity index (χ2n) is 6.58. The van der Waals surface area contributed by atoms with Crippen LogP contribution in [0.1, 0.15) is 26.3 Å². The Morgan fingerprint density at radius 3 is 1.91 bits per heavy atom. The second-order valence-corrected chi connectivity index (χ2v) is 6.58. The monoisotopic (exact) mass is 436 g/mol. The molecule has 0 aliphatic carbocycles. The van der Waals surface area contributed by atoms with Gasteiger partial charge in [0.05, 0.1) is 26.9 Å². The van der Waals surface area contributed by atoms with E-state index < -0.39 is 5.97 Å². The summed E-state index contributed by atoms with van der Waals surface area (Å²) in [6.07, 6.45) is 2.99. The van der Waals surface area contributed by atoms with Crippen molar-refractivity contribution < 1.29 is 32.9 Å². The van der Waals surface area contributed by atoms with Gasteiger partial charge in [0.1, 0.15) is 11.6 Å². The van der Waals surface area contributed by atoms with Crippen LogP contribution in [0.4, 0.5) is 4.39 Å². The average Bonchev–Trinajstić information content (AvgIpc) is 2.82. The van der Waals surface area contributed by atoms with Crippen molar-refractivity contribution in [3.63, 3.8) is 0 Å². The minimum atomic E-state index is -0.625. The number of ketones is 1. The van der Waals surface area contributed by atoms with Crippen LogP contribution in [-0.4, -0.2) is 33.1 Å². The Morgan fingerprint density at radius 2 is 1.38 bits per heavy atom. The molecule has 0 unspecified atom stereocenters. The topological polar surface area (TPSA) is 71.1 Å². The molecule has 0 heterocycles. The van der Waals surface area contributed by atoms with Gasteiger partial charge in [0, 0.05) is 5.56 Å². The number of halogens is 1. The van der Waals surface area contributed by atoms with Gasteiger partial charge in [0.15, 0.2) is 17.3 Å². The highest BCUT2D eigenvalue weighted by Gasteiger charge is 2.18. The van der Waals surface area contributed by atoms with Crippen LogP contribution in [0.2, 0.25) is 0 Å². The number of carbonyl (C=O) groups excluding carboxylic acids is 2. The average molecular weight is 436 g/mol. The number of carbonyl (C=O) groups is 2. The molecule has 0 atom stereocenters. The molecule has 0 fully saturated rings. The molecular formula is C25H21FO6. The summed E-state index contributed by atoms with van der Waals surface area (Å²) in [6, 6.07) is 14.9. The molecule has 0 aromatic heterocycles. The highest BCUT2D eigenvalue weighted by Crippen LogP contribution is 2.38. The Bertz CT molecular complexity index is 1110. The van der Waals surface area contributed by atoms with E-state index in [1.807, 2.05) is 0 Å². The van der Waals surface area contributed by atoms with Gasteiger partial charge < -0.3 is 18.9 Å². The van der Waals surface area contributed by atoms with Crippen LogP contribution in [-0.2, 0) is 0 Å². The Labute approximate surface area is 184 Å². The minimum absolute atomic E-state index is 0.210. The Balaban J connectivity index is 1.70. The molecule has 32 heavy (non-hydrogen) atoms. The maximum absolute atomic E-state index is 13.0. The quantitative estimate of drug-likeness (QED) is 0.215. The van der Waals surface area contributed by atoms with Crippen LogP contribution >= 0.6 is 0 Å². The van der Waals surface area contributed by atoms with Crippen LogP contribution in [0.25, 0.3) is 6.08 Å². The van der Waals surface area contributed by atoms with Crippen LogP contribution in [0.15, 0.2) is 66.7 Å². The standard InChI is InChI=1S/C25H21FO6/c1-29-22-14-18(15-23(30-2)24(22)31-3)25(28)32-20-11-7-17(8-12-20)21(27)13-6-16-4-9-19(26)10-5-16/h4-15H,1-3H3/b13-6+. The summed E-state index contributed by atoms with van der Waals surface area (Å²) in [4.78, 5) is 24.9. The number of methoxy groups -OCH3 is 3. The van der Waals surface area contributed by atoms with Crippen LogP contribution in [0.3, 0.4) is 0 Å². The molecule has 0 amide bonds. The summed E-state index contributed by atoms with van der Waals surface area (Å²) in [6.45, 7) is 0. The van der Waals surface area contributed by atoms with Gasteiger partial charge in [-0.15, -0.1) is 0 Å². The van der Waals surface area contributed by atoms with E-state index in [0.29, 0.717) is 28.4 Å². The molecule has 0 aliphatic heterocycles. The van der Waals surface area contributed by atoms with Gasteiger partial charge in [-0.3, -0.25) is 4.79 Å². The highest BCUT2D eigenvalue weighted by atomic mass is 19.1. The zero-order valence-electron chi connectivity index (χ0n) is 17.8. The van der Waals surface area contributed by atoms with Gasteiger partial charge >= 0.3 is 5.97 Å². The lowest BCUT2D eigenvalue weighted by atomic mass is 10.1. The third kappa shape index (κ3) is 5.31. The molecule has 6 nitrogen and oxygen atoms in total. The molecule has 0 spiro atoms. The van der Waals surface area contributed by atoms with Crippen molar-refractivity contribution in [3.8, 4) is 23.0 Å². The first kappa shape index (κ1) is 22.6. The zero-order chi connectivity index (χ0) is 23.1. The van der Waals surface area contributed by atoms with E-state index in [9.17, 15) is 14.0 Å². The predicted octanol–water partition coefficient (Wildman–Crippen LogP) is 4.97. The molecule has 3 aromatic rings. The normalized spacial score (nSPS) is 10.6. The zero-order valence-corrected chi connectivity index (χ0v) is 17.8. The maximum Gasteiger partial charge on any atom is 0.343 e. The lowest BCUT2D eigenvalue weighted by Gasteiger charge is -2.13. The van der Waals surface area contributed by atoms with Crippen LogP contribution in [0.5, 0.6) is 23.0 Å². The molecule has 0 saturated heterocycles. The lowest BCUT2D eigenvalue weighted by Crippen LogP contribution is -2.10. The van der Waals surface area contributed by atoms with E-state index in [1.54, 1.807) is 30.3 Å². The third-order valence-electron chi connectivity index (χ3n) is 4.55. The molecular weight excluding hydrogens is 415 g/mol.